The van der Waals surface area contributed by atoms with Gasteiger partial charge in [-0.2, -0.15) is 0 Å². The molecule has 1 saturated heterocycles. The van der Waals surface area contributed by atoms with Crippen molar-refractivity contribution in [2.45, 2.75) is 45.6 Å². The zero-order chi connectivity index (χ0) is 15.5. The van der Waals surface area contributed by atoms with Crippen molar-refractivity contribution in [1.82, 2.24) is 5.32 Å². The summed E-state index contributed by atoms with van der Waals surface area (Å²) in [4.78, 5) is 23.9. The van der Waals surface area contributed by atoms with Crippen molar-refractivity contribution >= 4 is 23.2 Å². The maximum absolute atomic E-state index is 12.4. The van der Waals surface area contributed by atoms with E-state index >= 15 is 0 Å². The molecule has 1 aliphatic rings. The predicted octanol–water partition coefficient (Wildman–Crippen LogP) is 2.42. The molecule has 1 aromatic carbocycles. The molecule has 0 radical (unpaired) electrons. The van der Waals surface area contributed by atoms with Crippen LogP contribution < -0.4 is 16.0 Å². The van der Waals surface area contributed by atoms with E-state index < -0.39 is 5.54 Å². The number of hydrogen-bond donors (Lipinski definition) is 3. The zero-order valence-corrected chi connectivity index (χ0v) is 12.9. The van der Waals surface area contributed by atoms with Crippen LogP contribution in [0, 0.1) is 6.92 Å². The average molecular weight is 289 g/mol. The highest BCUT2D eigenvalue weighted by molar-refractivity contribution is 5.99. The van der Waals surface area contributed by atoms with Crippen molar-refractivity contribution < 1.29 is 9.59 Å². The number of amides is 2. The third-order valence-electron chi connectivity index (χ3n) is 3.96. The minimum absolute atomic E-state index is 0.0259. The Morgan fingerprint density at radius 2 is 2.10 bits per heavy atom. The Morgan fingerprint density at radius 3 is 2.71 bits per heavy atom. The van der Waals surface area contributed by atoms with Crippen molar-refractivity contribution in [2.75, 3.05) is 17.2 Å². The lowest BCUT2D eigenvalue weighted by atomic mass is 9.99. The van der Waals surface area contributed by atoms with E-state index in [2.05, 4.69) is 16.0 Å². The van der Waals surface area contributed by atoms with Gasteiger partial charge < -0.3 is 16.0 Å². The van der Waals surface area contributed by atoms with Gasteiger partial charge in [0, 0.05) is 17.8 Å². The van der Waals surface area contributed by atoms with Crippen LogP contribution in [0.4, 0.5) is 11.4 Å². The second-order valence-corrected chi connectivity index (χ2v) is 5.75. The molecule has 1 heterocycles. The van der Waals surface area contributed by atoms with E-state index in [0.717, 1.165) is 30.6 Å². The molecule has 1 aliphatic heterocycles. The van der Waals surface area contributed by atoms with E-state index in [1.54, 1.807) is 13.0 Å². The third kappa shape index (κ3) is 3.61. The molecule has 114 valence electrons. The number of aryl methyl sites for hydroxylation is 1. The van der Waals surface area contributed by atoms with Gasteiger partial charge in [-0.25, -0.2) is 0 Å². The average Bonchev–Trinajstić information content (AvgIpc) is 2.90. The lowest BCUT2D eigenvalue weighted by Crippen LogP contribution is -2.48. The van der Waals surface area contributed by atoms with Crippen LogP contribution in [-0.4, -0.2) is 23.9 Å². The third-order valence-corrected chi connectivity index (χ3v) is 3.96. The highest BCUT2D eigenvalue weighted by atomic mass is 16.2. The molecule has 5 nitrogen and oxygen atoms in total. The molecule has 2 rings (SSSR count). The second-order valence-electron chi connectivity index (χ2n) is 5.75. The molecule has 2 amide bonds. The quantitative estimate of drug-likeness (QED) is 0.797. The van der Waals surface area contributed by atoms with Gasteiger partial charge in [-0.05, 0) is 50.9 Å². The molecule has 1 unspecified atom stereocenters. The number of carbonyl (C=O) groups is 2. The van der Waals surface area contributed by atoms with E-state index in [4.69, 9.17) is 0 Å². The Morgan fingerprint density at radius 1 is 1.33 bits per heavy atom. The Bertz CT molecular complexity index is 548. The summed E-state index contributed by atoms with van der Waals surface area (Å²) in [6.45, 7) is 6.53. The first-order chi connectivity index (χ1) is 9.94. The Labute approximate surface area is 125 Å². The van der Waals surface area contributed by atoms with Gasteiger partial charge in [0.2, 0.25) is 11.8 Å². The molecule has 1 fully saturated rings. The summed E-state index contributed by atoms with van der Waals surface area (Å²) >= 11 is 0. The fourth-order valence-corrected chi connectivity index (χ4v) is 2.43. The van der Waals surface area contributed by atoms with Crippen LogP contribution in [0.5, 0.6) is 0 Å². The van der Waals surface area contributed by atoms with E-state index in [1.165, 1.54) is 0 Å². The topological polar surface area (TPSA) is 70.2 Å². The van der Waals surface area contributed by atoms with Gasteiger partial charge in [0.15, 0.2) is 0 Å². The van der Waals surface area contributed by atoms with Crippen molar-refractivity contribution in [3.63, 3.8) is 0 Å². The van der Waals surface area contributed by atoms with Gasteiger partial charge in [0.25, 0.3) is 0 Å². The summed E-state index contributed by atoms with van der Waals surface area (Å²) in [6, 6.07) is 5.54. The molecule has 1 aromatic rings. The predicted molar refractivity (Wildman–Crippen MR) is 84.4 cm³/mol. The molecule has 21 heavy (non-hydrogen) atoms. The first-order valence-corrected chi connectivity index (χ1v) is 7.41. The molecule has 0 aliphatic carbocycles. The normalized spacial score (nSPS) is 21.1. The Balaban J connectivity index is 2.13. The van der Waals surface area contributed by atoms with Gasteiger partial charge in [-0.15, -0.1) is 0 Å². The van der Waals surface area contributed by atoms with Crippen LogP contribution in [0.15, 0.2) is 18.2 Å². The van der Waals surface area contributed by atoms with Gasteiger partial charge >= 0.3 is 0 Å². The SMILES string of the molecule is CCC(=O)Nc1ccc(C)c(NC(=O)C2(C)CCCN2)c1. The number of nitrogens with one attached hydrogen (secondary N) is 3. The fraction of sp³-hybridized carbons (Fsp3) is 0.500. The van der Waals surface area contributed by atoms with Gasteiger partial charge in [0.1, 0.15) is 0 Å². The summed E-state index contributed by atoms with van der Waals surface area (Å²) in [6.07, 6.45) is 2.28. The monoisotopic (exact) mass is 289 g/mol. The van der Waals surface area contributed by atoms with Crippen LogP contribution in [0.2, 0.25) is 0 Å². The zero-order valence-electron chi connectivity index (χ0n) is 12.9. The van der Waals surface area contributed by atoms with E-state index in [1.807, 2.05) is 26.0 Å². The summed E-state index contributed by atoms with van der Waals surface area (Å²) in [5, 5.41) is 9.02. The standard InChI is InChI=1S/C16H23N3O2/c1-4-14(20)18-12-7-6-11(2)13(10-12)19-15(21)16(3)8-5-9-17-16/h6-7,10,17H,4-5,8-9H2,1-3H3,(H,18,20)(H,19,21). The maximum Gasteiger partial charge on any atom is 0.244 e. The summed E-state index contributed by atoms with van der Waals surface area (Å²) in [5.41, 5.74) is 1.91. The number of hydrogen-bond acceptors (Lipinski definition) is 3. The summed E-state index contributed by atoms with van der Waals surface area (Å²) in [7, 11) is 0. The first-order valence-electron chi connectivity index (χ1n) is 7.41. The van der Waals surface area contributed by atoms with Crippen LogP contribution in [0.25, 0.3) is 0 Å². The van der Waals surface area contributed by atoms with E-state index in [9.17, 15) is 9.59 Å². The largest absolute Gasteiger partial charge is 0.326 e. The molecule has 0 aromatic heterocycles. The van der Waals surface area contributed by atoms with Crippen LogP contribution >= 0.6 is 0 Å². The minimum atomic E-state index is -0.505. The molecular formula is C16H23N3O2. The fourth-order valence-electron chi connectivity index (χ4n) is 2.43. The van der Waals surface area contributed by atoms with Crippen LogP contribution in [-0.2, 0) is 9.59 Å². The number of anilines is 2. The molecule has 3 N–H and O–H groups in total. The van der Waals surface area contributed by atoms with Gasteiger partial charge in [-0.1, -0.05) is 13.0 Å². The van der Waals surface area contributed by atoms with E-state index in [-0.39, 0.29) is 11.8 Å². The lowest BCUT2D eigenvalue weighted by Gasteiger charge is -2.23. The molecule has 0 saturated carbocycles. The first kappa shape index (κ1) is 15.5. The molecular weight excluding hydrogens is 266 g/mol. The van der Waals surface area contributed by atoms with Gasteiger partial charge in [0.05, 0.1) is 5.54 Å². The molecule has 5 heteroatoms. The molecule has 1 atom stereocenters. The van der Waals surface area contributed by atoms with Crippen molar-refractivity contribution in [3.8, 4) is 0 Å². The highest BCUT2D eigenvalue weighted by Gasteiger charge is 2.35. The van der Waals surface area contributed by atoms with Gasteiger partial charge in [-0.3, -0.25) is 9.59 Å². The number of rotatable bonds is 4. The summed E-state index contributed by atoms with van der Waals surface area (Å²) in [5.74, 6) is -0.0670. The van der Waals surface area contributed by atoms with Crippen LogP contribution in [0.3, 0.4) is 0 Å². The van der Waals surface area contributed by atoms with Crippen molar-refractivity contribution in [3.05, 3.63) is 23.8 Å². The van der Waals surface area contributed by atoms with E-state index in [0.29, 0.717) is 12.1 Å². The molecule has 0 bridgehead atoms. The minimum Gasteiger partial charge on any atom is -0.326 e. The second kappa shape index (κ2) is 6.26. The number of carbonyl (C=O) groups excluding carboxylic acids is 2. The Kier molecular flexibility index (Phi) is 4.63. The Hall–Kier alpha value is -1.88. The van der Waals surface area contributed by atoms with Crippen molar-refractivity contribution in [2.24, 2.45) is 0 Å². The lowest BCUT2D eigenvalue weighted by molar-refractivity contribution is -0.121. The smallest absolute Gasteiger partial charge is 0.244 e. The van der Waals surface area contributed by atoms with Crippen LogP contribution in [0.1, 0.15) is 38.7 Å². The summed E-state index contributed by atoms with van der Waals surface area (Å²) < 4.78 is 0. The highest BCUT2D eigenvalue weighted by Crippen LogP contribution is 2.24. The molecule has 0 spiro atoms. The van der Waals surface area contributed by atoms with Crippen molar-refractivity contribution in [1.29, 1.82) is 0 Å². The maximum atomic E-state index is 12.4. The number of benzene rings is 1.